The van der Waals surface area contributed by atoms with E-state index in [9.17, 15) is 0 Å². The van der Waals surface area contributed by atoms with Crippen LogP contribution in [0.3, 0.4) is 0 Å². The van der Waals surface area contributed by atoms with Crippen LogP contribution in [0, 0.1) is 18.8 Å². The standard InChI is InChI=1S/C35H23BN5.Pd/c1-38-23-39(33-14-7-6-13-32(33)38)24-15-17-28-26-9-2-4-11-30(26)36-31-12-5-3-10-27(31)29-18-16-25(40-20-8-19-37-40)22-35(29)41(36)34(28)21-24;/h2-20,23H,1H3;/q-3;. The third-order valence-corrected chi connectivity index (χ3v) is 8.47. The number of nitrogens with zero attached hydrogens (tertiary/aromatic N) is 5. The molecule has 0 aliphatic carbocycles. The van der Waals surface area contributed by atoms with Gasteiger partial charge in [0.1, 0.15) is 0 Å². The summed E-state index contributed by atoms with van der Waals surface area (Å²) in [4.78, 5) is 6.84. The van der Waals surface area contributed by atoms with E-state index in [4.69, 9.17) is 0 Å². The molecule has 0 spiro atoms. The molecule has 3 aliphatic heterocycles. The van der Waals surface area contributed by atoms with Crippen LogP contribution < -0.4 is 25.5 Å². The SMILES string of the molecule is CN1[CH-]N(c2[c-]c3c(cc2)-c2ccccc2B2c4ccccc4-c4ccc(-n5cccn5)[c-]c4N23)c2ccccc21.[Pd]. The molecule has 5 aromatic carbocycles. The Hall–Kier alpha value is -4.56. The minimum Gasteiger partial charge on any atom is -0.504 e. The van der Waals surface area contributed by atoms with Crippen molar-refractivity contribution in [1.29, 1.82) is 0 Å². The van der Waals surface area contributed by atoms with Crippen LogP contribution in [0.1, 0.15) is 0 Å². The van der Waals surface area contributed by atoms with Crippen molar-refractivity contribution in [1.82, 2.24) is 9.78 Å². The van der Waals surface area contributed by atoms with Crippen LogP contribution in [0.4, 0.5) is 28.4 Å². The number of anilines is 5. The molecule has 0 saturated heterocycles. The molecule has 0 atom stereocenters. The molecule has 6 aromatic rings. The zero-order chi connectivity index (χ0) is 27.1. The number of hydrogen-bond acceptors (Lipinski definition) is 4. The molecular formula is C35H23BN5Pd-3. The summed E-state index contributed by atoms with van der Waals surface area (Å²) < 4.78 is 1.88. The van der Waals surface area contributed by atoms with E-state index in [1.807, 2.05) is 16.9 Å². The van der Waals surface area contributed by atoms with Gasteiger partial charge in [0, 0.05) is 44.2 Å². The van der Waals surface area contributed by atoms with Crippen molar-refractivity contribution in [3.63, 3.8) is 0 Å². The summed E-state index contributed by atoms with van der Waals surface area (Å²) in [5.74, 6) is 0. The maximum atomic E-state index is 4.50. The fraction of sp³-hybridized carbons (Fsp3) is 0.0286. The Kier molecular flexibility index (Phi) is 5.69. The molecular weight excluding hydrogens is 608 g/mol. The summed E-state index contributed by atoms with van der Waals surface area (Å²) in [6.45, 7) is 2.13. The Morgan fingerprint density at radius 2 is 1.24 bits per heavy atom. The first-order chi connectivity index (χ1) is 20.3. The molecule has 4 heterocycles. The van der Waals surface area contributed by atoms with Crippen molar-refractivity contribution < 1.29 is 20.4 Å². The molecule has 0 bridgehead atoms. The van der Waals surface area contributed by atoms with Crippen LogP contribution in [0.25, 0.3) is 27.9 Å². The number of rotatable bonds is 2. The number of para-hydroxylation sites is 2. The molecule has 3 aliphatic rings. The number of benzene rings is 5. The van der Waals surface area contributed by atoms with Crippen LogP contribution >= 0.6 is 0 Å². The third-order valence-electron chi connectivity index (χ3n) is 8.47. The Morgan fingerprint density at radius 1 is 0.643 bits per heavy atom. The van der Waals surface area contributed by atoms with Gasteiger partial charge >= 0.3 is 6.85 Å². The largest absolute Gasteiger partial charge is 0.504 e. The minimum atomic E-state index is -0.00413. The molecule has 9 rings (SSSR count). The van der Waals surface area contributed by atoms with Gasteiger partial charge < -0.3 is 14.6 Å². The van der Waals surface area contributed by atoms with Gasteiger partial charge in [-0.1, -0.05) is 94.1 Å². The summed E-state index contributed by atoms with van der Waals surface area (Å²) in [6, 6.07) is 44.4. The van der Waals surface area contributed by atoms with Gasteiger partial charge in [-0.25, -0.2) is 0 Å². The van der Waals surface area contributed by atoms with Crippen LogP contribution in [0.2, 0.25) is 0 Å². The van der Waals surface area contributed by atoms with E-state index in [0.29, 0.717) is 0 Å². The minimum absolute atomic E-state index is 0. The van der Waals surface area contributed by atoms with Gasteiger partial charge in [-0.05, 0) is 30.9 Å². The van der Waals surface area contributed by atoms with E-state index >= 15 is 0 Å². The zero-order valence-electron chi connectivity index (χ0n) is 22.7. The van der Waals surface area contributed by atoms with Crippen molar-refractivity contribution in [3.8, 4) is 27.9 Å². The van der Waals surface area contributed by atoms with E-state index in [1.54, 1.807) is 6.20 Å². The second-order valence-corrected chi connectivity index (χ2v) is 10.7. The topological polar surface area (TPSA) is 27.5 Å². The van der Waals surface area contributed by atoms with E-state index in [1.165, 1.54) is 33.3 Å². The normalized spacial score (nSPS) is 13.8. The maximum Gasteiger partial charge on any atom is 0.324 e. The van der Waals surface area contributed by atoms with Crippen molar-refractivity contribution in [2.24, 2.45) is 0 Å². The Morgan fingerprint density at radius 3 is 1.90 bits per heavy atom. The third kappa shape index (κ3) is 3.51. The van der Waals surface area contributed by atoms with Crippen LogP contribution in [0.15, 0.2) is 116 Å². The van der Waals surface area contributed by atoms with E-state index in [-0.39, 0.29) is 27.3 Å². The number of aromatic nitrogens is 2. The van der Waals surface area contributed by atoms with Crippen LogP contribution in [-0.4, -0.2) is 23.7 Å². The summed E-state index contributed by atoms with van der Waals surface area (Å²) in [5.41, 5.74) is 13.7. The average Bonchev–Trinajstić information content (AvgIpc) is 3.69. The fourth-order valence-corrected chi connectivity index (χ4v) is 6.68. The molecule has 0 radical (unpaired) electrons. The smallest absolute Gasteiger partial charge is 0.324 e. The van der Waals surface area contributed by atoms with Crippen molar-refractivity contribution >= 4 is 46.2 Å². The molecule has 0 saturated carbocycles. The summed E-state index contributed by atoms with van der Waals surface area (Å²) in [7, 11) is 2.09. The van der Waals surface area contributed by atoms with Crippen LogP contribution in [-0.2, 0) is 20.4 Å². The molecule has 0 N–H and O–H groups in total. The molecule has 5 nitrogen and oxygen atoms in total. The number of fused-ring (bicyclic) bond motifs is 12. The van der Waals surface area contributed by atoms with Gasteiger partial charge in [0.25, 0.3) is 0 Å². The predicted octanol–water partition coefficient (Wildman–Crippen LogP) is 6.08. The van der Waals surface area contributed by atoms with Crippen molar-refractivity contribution in [3.05, 3.63) is 134 Å². The number of hydrogen-bond donors (Lipinski definition) is 0. The molecule has 7 heteroatoms. The van der Waals surface area contributed by atoms with Gasteiger partial charge in [0.2, 0.25) is 0 Å². The fourth-order valence-electron chi connectivity index (χ4n) is 6.68. The molecule has 1 aromatic heterocycles. The van der Waals surface area contributed by atoms with E-state index in [2.05, 4.69) is 143 Å². The Balaban J connectivity index is 0.00000267. The second kappa shape index (κ2) is 9.49. The quantitative estimate of drug-likeness (QED) is 0.171. The monoisotopic (exact) mass is 630 g/mol. The van der Waals surface area contributed by atoms with Gasteiger partial charge in [0.05, 0.1) is 0 Å². The van der Waals surface area contributed by atoms with Crippen LogP contribution in [0.5, 0.6) is 0 Å². The molecule has 42 heavy (non-hydrogen) atoms. The first kappa shape index (κ1) is 25.2. The first-order valence-electron chi connectivity index (χ1n) is 13.8. The zero-order valence-corrected chi connectivity index (χ0v) is 24.2. The van der Waals surface area contributed by atoms with Gasteiger partial charge in [-0.2, -0.15) is 23.9 Å². The molecule has 0 unspecified atom stereocenters. The summed E-state index contributed by atoms with van der Waals surface area (Å²) in [6.07, 6.45) is 3.77. The van der Waals surface area contributed by atoms with E-state index < -0.39 is 0 Å². The van der Waals surface area contributed by atoms with Gasteiger partial charge in [-0.15, -0.1) is 41.1 Å². The van der Waals surface area contributed by atoms with Crippen molar-refractivity contribution in [2.75, 3.05) is 21.7 Å². The molecule has 0 fully saturated rings. The maximum absolute atomic E-state index is 4.50. The second-order valence-electron chi connectivity index (χ2n) is 10.7. The summed E-state index contributed by atoms with van der Waals surface area (Å²) >= 11 is 0. The summed E-state index contributed by atoms with van der Waals surface area (Å²) in [5, 5.41) is 4.50. The van der Waals surface area contributed by atoms with E-state index in [0.717, 1.165) is 34.0 Å². The van der Waals surface area contributed by atoms with Crippen molar-refractivity contribution in [2.45, 2.75) is 0 Å². The van der Waals surface area contributed by atoms with Gasteiger partial charge in [-0.3, -0.25) is 4.68 Å². The van der Waals surface area contributed by atoms with Gasteiger partial charge in [0.15, 0.2) is 0 Å². The predicted molar refractivity (Wildman–Crippen MR) is 167 cm³/mol. The molecule has 0 amide bonds. The average molecular weight is 631 g/mol. The first-order valence-corrected chi connectivity index (χ1v) is 13.8. The Labute approximate surface area is 259 Å². The Bertz CT molecular complexity index is 1990. The molecule has 204 valence electrons.